The first-order valence-electron chi connectivity index (χ1n) is 4.45. The lowest BCUT2D eigenvalue weighted by Gasteiger charge is -2.13. The molecule has 0 saturated heterocycles. The minimum atomic E-state index is -0.483. The Kier molecular flexibility index (Phi) is 3.91. The van der Waals surface area contributed by atoms with Crippen LogP contribution in [0.3, 0.4) is 0 Å². The fourth-order valence-electron chi connectivity index (χ4n) is 1.10. The molecule has 82 valence electrons. The number of urea groups is 1. The van der Waals surface area contributed by atoms with Gasteiger partial charge in [-0.25, -0.2) is 9.18 Å². The van der Waals surface area contributed by atoms with E-state index in [1.807, 2.05) is 0 Å². The third kappa shape index (κ3) is 3.40. The predicted octanol–water partition coefficient (Wildman–Crippen LogP) is 2.03. The molecule has 0 aliphatic carbocycles. The summed E-state index contributed by atoms with van der Waals surface area (Å²) >= 11 is 5.61. The van der Waals surface area contributed by atoms with Crippen LogP contribution >= 0.6 is 11.6 Å². The Balaban J connectivity index is 2.58. The molecule has 0 heterocycles. The van der Waals surface area contributed by atoms with Crippen LogP contribution in [0.4, 0.5) is 9.18 Å². The van der Waals surface area contributed by atoms with E-state index in [0.717, 1.165) is 5.56 Å². The van der Waals surface area contributed by atoms with Gasteiger partial charge < -0.3 is 10.6 Å². The van der Waals surface area contributed by atoms with Crippen molar-refractivity contribution in [3.8, 4) is 0 Å². The molecule has 0 fully saturated rings. The van der Waals surface area contributed by atoms with Crippen LogP contribution in [0, 0.1) is 5.82 Å². The van der Waals surface area contributed by atoms with Crippen LogP contribution in [0.5, 0.6) is 0 Å². The Morgan fingerprint density at radius 3 is 2.80 bits per heavy atom. The number of likely N-dealkylation sites (N-methyl/N-ethyl adjacent to an activating group) is 1. The van der Waals surface area contributed by atoms with Gasteiger partial charge in [0.15, 0.2) is 0 Å². The molecule has 0 aromatic heterocycles. The molecule has 15 heavy (non-hydrogen) atoms. The van der Waals surface area contributed by atoms with Crippen LogP contribution in [-0.4, -0.2) is 24.5 Å². The number of hydrogen-bond donors (Lipinski definition) is 1. The van der Waals surface area contributed by atoms with Crippen molar-refractivity contribution in [3.63, 3.8) is 0 Å². The van der Waals surface area contributed by atoms with Crippen molar-refractivity contribution in [2.24, 2.45) is 5.73 Å². The summed E-state index contributed by atoms with van der Waals surface area (Å²) in [4.78, 5) is 12.1. The molecule has 2 amide bonds. The van der Waals surface area contributed by atoms with E-state index in [0.29, 0.717) is 13.0 Å². The van der Waals surface area contributed by atoms with Crippen molar-refractivity contribution < 1.29 is 9.18 Å². The summed E-state index contributed by atoms with van der Waals surface area (Å²) in [5, 5.41) is 0.0919. The van der Waals surface area contributed by atoms with Crippen LogP contribution < -0.4 is 5.73 Å². The van der Waals surface area contributed by atoms with E-state index >= 15 is 0 Å². The number of hydrogen-bond acceptors (Lipinski definition) is 1. The number of rotatable bonds is 3. The summed E-state index contributed by atoms with van der Waals surface area (Å²) in [7, 11) is 1.60. The second-order valence-corrected chi connectivity index (χ2v) is 3.67. The molecular formula is C10H12ClFN2O. The summed E-state index contributed by atoms with van der Waals surface area (Å²) in [6.45, 7) is 0.483. The highest BCUT2D eigenvalue weighted by Gasteiger charge is 2.05. The van der Waals surface area contributed by atoms with Gasteiger partial charge in [-0.2, -0.15) is 0 Å². The van der Waals surface area contributed by atoms with Crippen LogP contribution in [0.2, 0.25) is 5.02 Å². The predicted molar refractivity (Wildman–Crippen MR) is 57.3 cm³/mol. The third-order valence-corrected chi connectivity index (χ3v) is 2.39. The van der Waals surface area contributed by atoms with Crippen LogP contribution in [0.25, 0.3) is 0 Å². The summed E-state index contributed by atoms with van der Waals surface area (Å²) in [6.07, 6.45) is 0.597. The SMILES string of the molecule is CN(CCc1ccc(F)c(Cl)c1)C(N)=O. The molecule has 3 nitrogen and oxygen atoms in total. The first-order valence-corrected chi connectivity index (χ1v) is 4.83. The van der Waals surface area contributed by atoms with Crippen molar-refractivity contribution >= 4 is 17.6 Å². The molecule has 0 aliphatic heterocycles. The zero-order chi connectivity index (χ0) is 11.4. The summed E-state index contributed by atoms with van der Waals surface area (Å²) < 4.78 is 12.8. The summed E-state index contributed by atoms with van der Waals surface area (Å²) in [6, 6.07) is 4.01. The molecule has 0 atom stereocenters. The zero-order valence-corrected chi connectivity index (χ0v) is 9.09. The molecule has 1 aromatic rings. The van der Waals surface area contributed by atoms with Gasteiger partial charge in [-0.1, -0.05) is 17.7 Å². The zero-order valence-electron chi connectivity index (χ0n) is 8.34. The molecule has 0 bridgehead atoms. The average molecular weight is 231 g/mol. The molecular weight excluding hydrogens is 219 g/mol. The lowest BCUT2D eigenvalue weighted by atomic mass is 10.1. The van der Waals surface area contributed by atoms with E-state index in [2.05, 4.69) is 0 Å². The quantitative estimate of drug-likeness (QED) is 0.849. The third-order valence-electron chi connectivity index (χ3n) is 2.10. The van der Waals surface area contributed by atoms with Crippen molar-refractivity contribution in [2.75, 3.05) is 13.6 Å². The highest BCUT2D eigenvalue weighted by atomic mass is 35.5. The molecule has 0 aliphatic rings. The minimum absolute atomic E-state index is 0.0919. The van der Waals surface area contributed by atoms with Gasteiger partial charge in [-0.3, -0.25) is 0 Å². The highest BCUT2D eigenvalue weighted by Crippen LogP contribution is 2.16. The molecule has 5 heteroatoms. The Bertz CT molecular complexity index is 370. The van der Waals surface area contributed by atoms with Crippen molar-refractivity contribution in [3.05, 3.63) is 34.6 Å². The van der Waals surface area contributed by atoms with Gasteiger partial charge in [0.25, 0.3) is 0 Å². The fourth-order valence-corrected chi connectivity index (χ4v) is 1.31. The normalized spacial score (nSPS) is 10.1. The maximum absolute atomic E-state index is 12.8. The largest absolute Gasteiger partial charge is 0.351 e. The number of carbonyl (C=O) groups is 1. The Hall–Kier alpha value is -1.29. The second kappa shape index (κ2) is 4.98. The first kappa shape index (κ1) is 11.8. The van der Waals surface area contributed by atoms with Gasteiger partial charge in [0.05, 0.1) is 5.02 Å². The van der Waals surface area contributed by atoms with Crippen LogP contribution in [-0.2, 0) is 6.42 Å². The van der Waals surface area contributed by atoms with E-state index in [1.165, 1.54) is 11.0 Å². The topological polar surface area (TPSA) is 46.3 Å². The lowest BCUT2D eigenvalue weighted by molar-refractivity contribution is 0.219. The van der Waals surface area contributed by atoms with Gasteiger partial charge in [-0.15, -0.1) is 0 Å². The molecule has 1 rings (SSSR count). The van der Waals surface area contributed by atoms with E-state index in [9.17, 15) is 9.18 Å². The molecule has 0 unspecified atom stereocenters. The Labute approximate surface area is 92.6 Å². The molecule has 0 radical (unpaired) electrons. The smallest absolute Gasteiger partial charge is 0.314 e. The van der Waals surface area contributed by atoms with Crippen LogP contribution in [0.1, 0.15) is 5.56 Å². The number of amides is 2. The minimum Gasteiger partial charge on any atom is -0.351 e. The van der Waals surface area contributed by atoms with Crippen LogP contribution in [0.15, 0.2) is 18.2 Å². The number of primary amides is 1. The monoisotopic (exact) mass is 230 g/mol. The van der Waals surface area contributed by atoms with Crippen molar-refractivity contribution in [2.45, 2.75) is 6.42 Å². The lowest BCUT2D eigenvalue weighted by Crippen LogP contribution is -2.33. The van der Waals surface area contributed by atoms with Gasteiger partial charge in [0.2, 0.25) is 0 Å². The highest BCUT2D eigenvalue weighted by molar-refractivity contribution is 6.30. The average Bonchev–Trinajstić information content (AvgIpc) is 2.19. The summed E-state index contributed by atoms with van der Waals surface area (Å²) in [5.41, 5.74) is 5.92. The maximum atomic E-state index is 12.8. The van der Waals surface area contributed by atoms with E-state index < -0.39 is 11.8 Å². The molecule has 0 spiro atoms. The first-order chi connectivity index (χ1) is 7.00. The van der Waals surface area contributed by atoms with E-state index in [-0.39, 0.29) is 5.02 Å². The number of benzene rings is 1. The van der Waals surface area contributed by atoms with Gasteiger partial charge in [0, 0.05) is 13.6 Å². The molecule has 0 saturated carbocycles. The number of carbonyl (C=O) groups excluding carboxylic acids is 1. The van der Waals surface area contributed by atoms with E-state index in [1.54, 1.807) is 19.2 Å². The Morgan fingerprint density at radius 1 is 1.60 bits per heavy atom. The molecule has 1 aromatic carbocycles. The van der Waals surface area contributed by atoms with Gasteiger partial charge >= 0.3 is 6.03 Å². The Morgan fingerprint density at radius 2 is 2.27 bits per heavy atom. The fraction of sp³-hybridized carbons (Fsp3) is 0.300. The number of nitrogens with two attached hydrogens (primary N) is 1. The van der Waals surface area contributed by atoms with Gasteiger partial charge in [0.1, 0.15) is 5.82 Å². The maximum Gasteiger partial charge on any atom is 0.314 e. The van der Waals surface area contributed by atoms with Gasteiger partial charge in [-0.05, 0) is 24.1 Å². The van der Waals surface area contributed by atoms with Crippen molar-refractivity contribution in [1.82, 2.24) is 4.90 Å². The second-order valence-electron chi connectivity index (χ2n) is 3.26. The van der Waals surface area contributed by atoms with Crippen molar-refractivity contribution in [1.29, 1.82) is 0 Å². The number of nitrogens with zero attached hydrogens (tertiary/aromatic N) is 1. The number of halogens is 2. The molecule has 2 N–H and O–H groups in total. The standard InChI is InChI=1S/C10H12ClFN2O/c1-14(10(13)15)5-4-7-2-3-9(12)8(11)6-7/h2-3,6H,4-5H2,1H3,(H2,13,15). The summed E-state index contributed by atoms with van der Waals surface area (Å²) in [5.74, 6) is -0.441. The van der Waals surface area contributed by atoms with E-state index in [4.69, 9.17) is 17.3 Å².